The van der Waals surface area contributed by atoms with E-state index in [1.165, 1.54) is 28.6 Å². The average Bonchev–Trinajstić information content (AvgIpc) is 2.63. The summed E-state index contributed by atoms with van der Waals surface area (Å²) in [6.07, 6.45) is 1.58. The fourth-order valence-electron chi connectivity index (χ4n) is 2.34. The van der Waals surface area contributed by atoms with Gasteiger partial charge in [-0.2, -0.15) is 4.31 Å². The Morgan fingerprint density at radius 2 is 1.79 bits per heavy atom. The molecule has 1 fully saturated rings. The number of anilines is 1. The predicted molar refractivity (Wildman–Crippen MR) is 88.2 cm³/mol. The van der Waals surface area contributed by atoms with Crippen molar-refractivity contribution >= 4 is 21.7 Å². The lowest BCUT2D eigenvalue weighted by atomic mass is 10.2. The van der Waals surface area contributed by atoms with Gasteiger partial charge in [0.1, 0.15) is 5.82 Å². The van der Waals surface area contributed by atoms with Gasteiger partial charge in [0, 0.05) is 24.8 Å². The Kier molecular flexibility index (Phi) is 4.89. The van der Waals surface area contributed by atoms with E-state index in [0.717, 1.165) is 0 Å². The van der Waals surface area contributed by atoms with Crippen molar-refractivity contribution in [1.82, 2.24) is 9.29 Å². The first kappa shape index (κ1) is 16.6. The van der Waals surface area contributed by atoms with Gasteiger partial charge in [0.15, 0.2) is 0 Å². The molecule has 126 valence electrons. The van der Waals surface area contributed by atoms with Gasteiger partial charge >= 0.3 is 0 Å². The smallest absolute Gasteiger partial charge is 0.256 e. The second-order valence-corrected chi connectivity index (χ2v) is 7.15. The van der Waals surface area contributed by atoms with E-state index in [1.54, 1.807) is 24.4 Å². The number of pyridine rings is 1. The monoisotopic (exact) mass is 347 g/mol. The fraction of sp³-hybridized carbons (Fsp3) is 0.250. The first-order valence-corrected chi connectivity index (χ1v) is 8.92. The van der Waals surface area contributed by atoms with Crippen LogP contribution in [0.1, 0.15) is 10.4 Å². The first-order chi connectivity index (χ1) is 11.6. The van der Waals surface area contributed by atoms with Crippen LogP contribution in [0, 0.1) is 0 Å². The Balaban J connectivity index is 1.74. The number of aromatic nitrogens is 1. The second-order valence-electron chi connectivity index (χ2n) is 5.21. The van der Waals surface area contributed by atoms with Crippen molar-refractivity contribution in [3.8, 4) is 0 Å². The molecule has 1 aliphatic rings. The van der Waals surface area contributed by atoms with Gasteiger partial charge in [0.2, 0.25) is 10.0 Å². The van der Waals surface area contributed by atoms with Crippen LogP contribution in [0.3, 0.4) is 0 Å². The number of sulfonamides is 1. The van der Waals surface area contributed by atoms with Crippen LogP contribution in [0.25, 0.3) is 0 Å². The Hall–Kier alpha value is -2.29. The highest BCUT2D eigenvalue weighted by Gasteiger charge is 2.26. The molecule has 8 heteroatoms. The summed E-state index contributed by atoms with van der Waals surface area (Å²) in [5.74, 6) is 0.0940. The minimum absolute atomic E-state index is 0.166. The maximum absolute atomic E-state index is 12.5. The van der Waals surface area contributed by atoms with E-state index in [4.69, 9.17) is 4.74 Å². The molecule has 1 aromatic heterocycles. The minimum atomic E-state index is -3.55. The molecule has 2 aromatic rings. The zero-order valence-electron chi connectivity index (χ0n) is 12.9. The highest BCUT2D eigenvalue weighted by molar-refractivity contribution is 7.89. The molecule has 0 radical (unpaired) electrons. The lowest BCUT2D eigenvalue weighted by Gasteiger charge is -2.26. The average molecular weight is 347 g/mol. The number of carbonyl (C=O) groups is 1. The maximum atomic E-state index is 12.5. The number of amides is 1. The molecule has 1 N–H and O–H groups in total. The SMILES string of the molecule is O=C(Nc1ccccn1)c1ccc(S(=O)(=O)N2CCOCC2)cc1. The summed E-state index contributed by atoms with van der Waals surface area (Å²) >= 11 is 0. The summed E-state index contributed by atoms with van der Waals surface area (Å²) in [5.41, 5.74) is 0.363. The third kappa shape index (κ3) is 3.61. The van der Waals surface area contributed by atoms with Crippen molar-refractivity contribution < 1.29 is 17.9 Å². The third-order valence-electron chi connectivity index (χ3n) is 3.63. The van der Waals surface area contributed by atoms with Gasteiger partial charge in [-0.1, -0.05) is 6.07 Å². The van der Waals surface area contributed by atoms with Crippen molar-refractivity contribution in [2.75, 3.05) is 31.6 Å². The van der Waals surface area contributed by atoms with E-state index >= 15 is 0 Å². The van der Waals surface area contributed by atoms with Gasteiger partial charge < -0.3 is 10.1 Å². The Morgan fingerprint density at radius 3 is 2.42 bits per heavy atom. The summed E-state index contributed by atoms with van der Waals surface area (Å²) in [6.45, 7) is 1.46. The molecule has 0 aliphatic carbocycles. The number of ether oxygens (including phenoxy) is 1. The number of hydrogen-bond acceptors (Lipinski definition) is 5. The lowest BCUT2D eigenvalue weighted by Crippen LogP contribution is -2.40. The molecule has 3 rings (SSSR count). The number of nitrogens with one attached hydrogen (secondary N) is 1. The van der Waals surface area contributed by atoms with Crippen LogP contribution in [-0.4, -0.2) is 49.9 Å². The molecular weight excluding hydrogens is 330 g/mol. The predicted octanol–water partition coefficient (Wildman–Crippen LogP) is 1.35. The molecule has 1 aromatic carbocycles. The number of carbonyl (C=O) groups excluding carboxylic acids is 1. The molecule has 7 nitrogen and oxygen atoms in total. The van der Waals surface area contributed by atoms with E-state index in [-0.39, 0.29) is 10.8 Å². The van der Waals surface area contributed by atoms with Crippen molar-refractivity contribution in [2.45, 2.75) is 4.90 Å². The topological polar surface area (TPSA) is 88.6 Å². The number of nitrogens with zero attached hydrogens (tertiary/aromatic N) is 2. The molecule has 0 spiro atoms. The number of benzene rings is 1. The first-order valence-electron chi connectivity index (χ1n) is 7.48. The minimum Gasteiger partial charge on any atom is -0.379 e. The van der Waals surface area contributed by atoms with Gasteiger partial charge in [0.05, 0.1) is 18.1 Å². The number of rotatable bonds is 4. The molecule has 1 aliphatic heterocycles. The molecule has 0 saturated carbocycles. The quantitative estimate of drug-likeness (QED) is 0.902. The summed E-state index contributed by atoms with van der Waals surface area (Å²) in [4.78, 5) is 16.3. The number of morpholine rings is 1. The normalized spacial score (nSPS) is 15.8. The third-order valence-corrected chi connectivity index (χ3v) is 5.54. The van der Waals surface area contributed by atoms with E-state index < -0.39 is 10.0 Å². The van der Waals surface area contributed by atoms with Crippen LogP contribution in [0.15, 0.2) is 53.6 Å². The Bertz CT molecular complexity index is 801. The van der Waals surface area contributed by atoms with Crippen molar-refractivity contribution in [3.05, 3.63) is 54.2 Å². The van der Waals surface area contributed by atoms with E-state index in [1.807, 2.05) is 0 Å². The summed E-state index contributed by atoms with van der Waals surface area (Å²) in [7, 11) is -3.55. The second kappa shape index (κ2) is 7.08. The van der Waals surface area contributed by atoms with Gasteiger partial charge in [0.25, 0.3) is 5.91 Å². The van der Waals surface area contributed by atoms with E-state index in [2.05, 4.69) is 10.3 Å². The van der Waals surface area contributed by atoms with Crippen molar-refractivity contribution in [1.29, 1.82) is 0 Å². The largest absolute Gasteiger partial charge is 0.379 e. The molecule has 1 amide bonds. The maximum Gasteiger partial charge on any atom is 0.256 e. The highest BCUT2D eigenvalue weighted by Crippen LogP contribution is 2.18. The summed E-state index contributed by atoms with van der Waals surface area (Å²) in [6, 6.07) is 11.1. The van der Waals surface area contributed by atoms with Gasteiger partial charge in [-0.25, -0.2) is 13.4 Å². The van der Waals surface area contributed by atoms with Crippen molar-refractivity contribution in [3.63, 3.8) is 0 Å². The summed E-state index contributed by atoms with van der Waals surface area (Å²) < 4.78 is 31.6. The van der Waals surface area contributed by atoms with Gasteiger partial charge in [-0.15, -0.1) is 0 Å². The van der Waals surface area contributed by atoms with E-state index in [9.17, 15) is 13.2 Å². The van der Waals surface area contributed by atoms with Crippen LogP contribution in [-0.2, 0) is 14.8 Å². The van der Waals surface area contributed by atoms with Crippen LogP contribution >= 0.6 is 0 Å². The Labute approximate surface area is 140 Å². The van der Waals surface area contributed by atoms with Crippen LogP contribution < -0.4 is 5.32 Å². The lowest BCUT2D eigenvalue weighted by molar-refractivity contribution is 0.0730. The van der Waals surface area contributed by atoms with Crippen LogP contribution in [0.2, 0.25) is 0 Å². The molecule has 1 saturated heterocycles. The van der Waals surface area contributed by atoms with Crippen molar-refractivity contribution in [2.24, 2.45) is 0 Å². The zero-order chi connectivity index (χ0) is 17.0. The molecule has 0 bridgehead atoms. The molecule has 24 heavy (non-hydrogen) atoms. The van der Waals surface area contributed by atoms with Crippen LogP contribution in [0.4, 0.5) is 5.82 Å². The van der Waals surface area contributed by atoms with Gasteiger partial charge in [-0.3, -0.25) is 4.79 Å². The molecule has 0 unspecified atom stereocenters. The molecular formula is C16H17N3O4S. The molecule has 0 atom stereocenters. The summed E-state index contributed by atoms with van der Waals surface area (Å²) in [5, 5.41) is 2.65. The fourth-order valence-corrected chi connectivity index (χ4v) is 3.75. The number of hydrogen-bond donors (Lipinski definition) is 1. The standard InChI is InChI=1S/C16H17N3O4S/c20-16(18-15-3-1-2-8-17-15)13-4-6-14(7-5-13)24(21,22)19-9-11-23-12-10-19/h1-8H,9-12H2,(H,17,18,20). The molecule has 2 heterocycles. The van der Waals surface area contributed by atoms with Crippen LogP contribution in [0.5, 0.6) is 0 Å². The highest BCUT2D eigenvalue weighted by atomic mass is 32.2. The van der Waals surface area contributed by atoms with E-state index in [0.29, 0.717) is 37.7 Å². The zero-order valence-corrected chi connectivity index (χ0v) is 13.7. The van der Waals surface area contributed by atoms with Gasteiger partial charge in [-0.05, 0) is 36.4 Å². The Morgan fingerprint density at radius 1 is 1.08 bits per heavy atom.